The Labute approximate surface area is 162 Å². The molecule has 0 saturated carbocycles. The topological polar surface area (TPSA) is 76.9 Å². The third kappa shape index (κ3) is 4.63. The van der Waals surface area contributed by atoms with Gasteiger partial charge in [0.05, 0.1) is 17.9 Å². The lowest BCUT2D eigenvalue weighted by atomic mass is 10.2. The van der Waals surface area contributed by atoms with E-state index < -0.39 is 0 Å². The van der Waals surface area contributed by atoms with Gasteiger partial charge in [0.15, 0.2) is 11.3 Å². The number of thioether (sulfide) groups is 1. The Morgan fingerprint density at radius 1 is 1.15 bits per heavy atom. The summed E-state index contributed by atoms with van der Waals surface area (Å²) in [6, 6.07) is 3.67. The predicted molar refractivity (Wildman–Crippen MR) is 108 cm³/mol. The fourth-order valence-electron chi connectivity index (χ4n) is 2.20. The van der Waals surface area contributed by atoms with Crippen LogP contribution in [0.15, 0.2) is 24.5 Å². The number of ether oxygens (including phenoxy) is 1. The van der Waals surface area contributed by atoms with Crippen LogP contribution < -0.4 is 9.64 Å². The van der Waals surface area contributed by atoms with Crippen LogP contribution in [-0.4, -0.2) is 57.6 Å². The van der Waals surface area contributed by atoms with Gasteiger partial charge < -0.3 is 9.64 Å². The second-order valence-corrected chi connectivity index (χ2v) is 6.86. The number of anilines is 1. The van der Waals surface area contributed by atoms with E-state index in [9.17, 15) is 0 Å². The van der Waals surface area contributed by atoms with Gasteiger partial charge in [0.2, 0.25) is 11.8 Å². The second kappa shape index (κ2) is 8.64. The fourth-order valence-corrected chi connectivity index (χ4v) is 2.45. The standard InChI is InChI=1S/C19H20N6OS/c1-13-14(12-21-19(22-13)25(2)3)7-8-16-18(26-10-11-27-4)24-15-6-5-9-20-17(15)23-16/h5-6,9,12H,10-11H2,1-4H3. The Morgan fingerprint density at radius 3 is 2.74 bits per heavy atom. The summed E-state index contributed by atoms with van der Waals surface area (Å²) < 4.78 is 5.79. The third-order valence-corrected chi connectivity index (χ3v) is 4.19. The quantitative estimate of drug-likeness (QED) is 0.493. The van der Waals surface area contributed by atoms with Crippen LogP contribution in [0.4, 0.5) is 5.95 Å². The Hall–Kier alpha value is -2.92. The van der Waals surface area contributed by atoms with E-state index in [1.807, 2.05) is 44.3 Å². The summed E-state index contributed by atoms with van der Waals surface area (Å²) in [4.78, 5) is 23.9. The molecule has 3 aromatic rings. The Kier molecular flexibility index (Phi) is 6.04. The Bertz CT molecular complexity index is 1010. The van der Waals surface area contributed by atoms with Crippen molar-refractivity contribution in [1.29, 1.82) is 0 Å². The lowest BCUT2D eigenvalue weighted by Gasteiger charge is -2.10. The van der Waals surface area contributed by atoms with Crippen LogP contribution in [0.3, 0.4) is 0 Å². The average Bonchev–Trinajstić information content (AvgIpc) is 2.67. The molecule has 0 spiro atoms. The van der Waals surface area contributed by atoms with Crippen molar-refractivity contribution in [3.05, 3.63) is 41.5 Å². The maximum atomic E-state index is 5.79. The van der Waals surface area contributed by atoms with Crippen LogP contribution in [-0.2, 0) is 0 Å². The molecule has 3 aromatic heterocycles. The molecule has 0 bridgehead atoms. The summed E-state index contributed by atoms with van der Waals surface area (Å²) in [6.45, 7) is 2.44. The highest BCUT2D eigenvalue weighted by Crippen LogP contribution is 2.17. The fraction of sp³-hybridized carbons (Fsp3) is 0.316. The van der Waals surface area contributed by atoms with Crippen molar-refractivity contribution in [3.63, 3.8) is 0 Å². The molecule has 3 heterocycles. The van der Waals surface area contributed by atoms with Gasteiger partial charge in [-0.1, -0.05) is 5.92 Å². The monoisotopic (exact) mass is 380 g/mol. The second-order valence-electron chi connectivity index (χ2n) is 5.88. The normalized spacial score (nSPS) is 10.4. The summed E-state index contributed by atoms with van der Waals surface area (Å²) in [5, 5.41) is 0. The van der Waals surface area contributed by atoms with Crippen LogP contribution in [0.25, 0.3) is 11.2 Å². The van der Waals surface area contributed by atoms with Gasteiger partial charge in [0.25, 0.3) is 0 Å². The van der Waals surface area contributed by atoms with Crippen molar-refractivity contribution in [2.45, 2.75) is 6.92 Å². The molecule has 0 atom stereocenters. The van der Waals surface area contributed by atoms with E-state index in [4.69, 9.17) is 4.74 Å². The molecule has 7 nitrogen and oxygen atoms in total. The van der Waals surface area contributed by atoms with E-state index in [1.165, 1.54) is 0 Å². The summed E-state index contributed by atoms with van der Waals surface area (Å²) >= 11 is 1.70. The summed E-state index contributed by atoms with van der Waals surface area (Å²) in [5.74, 6) is 8.05. The van der Waals surface area contributed by atoms with Gasteiger partial charge in [-0.25, -0.2) is 24.9 Å². The number of pyridine rings is 1. The van der Waals surface area contributed by atoms with E-state index in [0.717, 1.165) is 17.0 Å². The van der Waals surface area contributed by atoms with Crippen LogP contribution in [0, 0.1) is 18.8 Å². The molecular weight excluding hydrogens is 360 g/mol. The van der Waals surface area contributed by atoms with E-state index in [1.54, 1.807) is 24.2 Å². The molecule has 3 rings (SSSR count). The highest BCUT2D eigenvalue weighted by atomic mass is 32.2. The van der Waals surface area contributed by atoms with Gasteiger partial charge >= 0.3 is 0 Å². The zero-order valence-corrected chi connectivity index (χ0v) is 16.5. The minimum absolute atomic E-state index is 0.417. The molecular formula is C19H20N6OS. The number of fused-ring (bicyclic) bond motifs is 1. The molecule has 0 aliphatic heterocycles. The zero-order valence-electron chi connectivity index (χ0n) is 15.7. The number of hydrogen-bond acceptors (Lipinski definition) is 8. The molecule has 0 saturated heterocycles. The molecule has 0 radical (unpaired) electrons. The van der Waals surface area contributed by atoms with Gasteiger partial charge in [0.1, 0.15) is 5.52 Å². The molecule has 8 heteroatoms. The minimum atomic E-state index is 0.417. The van der Waals surface area contributed by atoms with Crippen molar-refractivity contribution in [1.82, 2.24) is 24.9 Å². The maximum absolute atomic E-state index is 5.79. The van der Waals surface area contributed by atoms with Crippen LogP contribution in [0.5, 0.6) is 5.88 Å². The molecule has 0 amide bonds. The zero-order chi connectivity index (χ0) is 19.2. The number of aryl methyl sites for hydroxylation is 1. The van der Waals surface area contributed by atoms with Gasteiger partial charge in [-0.3, -0.25) is 0 Å². The molecule has 0 fully saturated rings. The summed E-state index contributed by atoms with van der Waals surface area (Å²) in [5.41, 5.74) is 3.21. The first-order valence-electron chi connectivity index (χ1n) is 8.36. The van der Waals surface area contributed by atoms with Crippen molar-refractivity contribution >= 4 is 28.9 Å². The van der Waals surface area contributed by atoms with Crippen LogP contribution >= 0.6 is 11.8 Å². The van der Waals surface area contributed by atoms with E-state index in [2.05, 4.69) is 36.8 Å². The van der Waals surface area contributed by atoms with Crippen LogP contribution in [0.1, 0.15) is 17.0 Å². The lowest BCUT2D eigenvalue weighted by Crippen LogP contribution is -2.13. The molecule has 0 aliphatic rings. The van der Waals surface area contributed by atoms with Crippen molar-refractivity contribution in [3.8, 4) is 17.7 Å². The van der Waals surface area contributed by atoms with Gasteiger partial charge in [0, 0.05) is 32.2 Å². The first-order chi connectivity index (χ1) is 13.1. The van der Waals surface area contributed by atoms with E-state index >= 15 is 0 Å². The SMILES string of the molecule is CSCCOc1nc2cccnc2nc1C#Cc1cnc(N(C)C)nc1C. The van der Waals surface area contributed by atoms with Gasteiger partial charge in [-0.2, -0.15) is 11.8 Å². The predicted octanol–water partition coefficient (Wildman–Crippen LogP) is 2.33. The smallest absolute Gasteiger partial charge is 0.249 e. The van der Waals surface area contributed by atoms with Gasteiger partial charge in [-0.15, -0.1) is 0 Å². The lowest BCUT2D eigenvalue weighted by molar-refractivity contribution is 0.329. The summed E-state index contributed by atoms with van der Waals surface area (Å²) in [6.07, 6.45) is 5.42. The summed E-state index contributed by atoms with van der Waals surface area (Å²) in [7, 11) is 3.80. The number of aromatic nitrogens is 5. The molecule has 27 heavy (non-hydrogen) atoms. The number of rotatable bonds is 5. The molecule has 0 aliphatic carbocycles. The van der Waals surface area contributed by atoms with Crippen LogP contribution in [0.2, 0.25) is 0 Å². The van der Waals surface area contributed by atoms with E-state index in [0.29, 0.717) is 35.3 Å². The first kappa shape index (κ1) is 18.9. The van der Waals surface area contributed by atoms with E-state index in [-0.39, 0.29) is 0 Å². The number of hydrogen-bond donors (Lipinski definition) is 0. The molecule has 138 valence electrons. The third-order valence-electron chi connectivity index (χ3n) is 3.62. The highest BCUT2D eigenvalue weighted by molar-refractivity contribution is 7.98. The van der Waals surface area contributed by atoms with Crippen molar-refractivity contribution in [2.75, 3.05) is 37.6 Å². The minimum Gasteiger partial charge on any atom is -0.475 e. The number of nitrogens with zero attached hydrogens (tertiary/aromatic N) is 6. The molecule has 0 N–H and O–H groups in total. The van der Waals surface area contributed by atoms with Crippen molar-refractivity contribution < 1.29 is 4.74 Å². The van der Waals surface area contributed by atoms with Gasteiger partial charge in [-0.05, 0) is 31.2 Å². The van der Waals surface area contributed by atoms with Crippen molar-refractivity contribution in [2.24, 2.45) is 0 Å². The average molecular weight is 380 g/mol. The molecule has 0 unspecified atom stereocenters. The Balaban J connectivity index is 1.98. The largest absolute Gasteiger partial charge is 0.475 e. The first-order valence-corrected chi connectivity index (χ1v) is 9.75. The maximum Gasteiger partial charge on any atom is 0.249 e. The Morgan fingerprint density at radius 2 is 2.00 bits per heavy atom. The highest BCUT2D eigenvalue weighted by Gasteiger charge is 2.10. The molecule has 0 aromatic carbocycles.